The molecule has 0 bridgehead atoms. The second-order valence-corrected chi connectivity index (χ2v) is 17.2. The third kappa shape index (κ3) is 8.10. The fourth-order valence-electron chi connectivity index (χ4n) is 9.62. The number of carbonyl (C=O) groups excluding carboxylic acids is 3. The zero-order valence-corrected chi connectivity index (χ0v) is 33.1. The molecule has 2 heterocycles. The van der Waals surface area contributed by atoms with E-state index < -0.39 is 30.1 Å². The molecule has 0 spiro atoms. The Labute approximate surface area is 335 Å². The van der Waals surface area contributed by atoms with Gasteiger partial charge in [0, 0.05) is 42.6 Å². The minimum Gasteiger partial charge on any atom is -0.456 e. The quantitative estimate of drug-likeness (QED) is 0.146. The summed E-state index contributed by atoms with van der Waals surface area (Å²) in [6.07, 6.45) is 7.78. The number of rotatable bonds is 11. The molecule has 3 N–H and O–H groups in total. The maximum Gasteiger partial charge on any atom is 0.338 e. The molecule has 4 fully saturated rings. The number of fused-ring (bicyclic) bond motifs is 3. The first-order chi connectivity index (χ1) is 27.5. The van der Waals surface area contributed by atoms with Gasteiger partial charge in [0.05, 0.1) is 23.9 Å². The van der Waals surface area contributed by atoms with Gasteiger partial charge in [-0.3, -0.25) is 9.59 Å². The molecular formula is C47H54N2O8. The number of hydrogen-bond acceptors (Lipinski definition) is 8. The molecule has 0 radical (unpaired) electrons. The smallest absolute Gasteiger partial charge is 0.338 e. The van der Waals surface area contributed by atoms with Crippen molar-refractivity contribution in [3.63, 3.8) is 0 Å². The van der Waals surface area contributed by atoms with Gasteiger partial charge in [-0.05, 0) is 80.1 Å². The van der Waals surface area contributed by atoms with Gasteiger partial charge in [-0.2, -0.15) is 0 Å². The molecule has 0 aromatic heterocycles. The summed E-state index contributed by atoms with van der Waals surface area (Å²) in [4.78, 5) is 39.6. The van der Waals surface area contributed by atoms with Crippen LogP contribution in [-0.4, -0.2) is 72.6 Å². The summed E-state index contributed by atoms with van der Waals surface area (Å²) in [6.45, 7) is 7.13. The van der Waals surface area contributed by atoms with E-state index in [-0.39, 0.29) is 50.0 Å². The molecule has 2 saturated heterocycles. The predicted molar refractivity (Wildman–Crippen MR) is 215 cm³/mol. The summed E-state index contributed by atoms with van der Waals surface area (Å²) < 4.78 is 26.1. The molecule has 3 aromatic carbocycles. The molecule has 1 unspecified atom stereocenters. The van der Waals surface area contributed by atoms with E-state index in [1.54, 1.807) is 6.08 Å². The maximum absolute atomic E-state index is 14.0. The molecule has 2 aliphatic heterocycles. The Kier molecular flexibility index (Phi) is 11.0. The number of allylic oxidation sites excluding steroid dienone is 1. The van der Waals surface area contributed by atoms with Crippen molar-refractivity contribution >= 4 is 23.9 Å². The van der Waals surface area contributed by atoms with Gasteiger partial charge in [-0.25, -0.2) is 4.79 Å². The normalized spacial score (nSPS) is 30.1. The van der Waals surface area contributed by atoms with E-state index in [2.05, 4.69) is 37.5 Å². The third-order valence-electron chi connectivity index (χ3n) is 12.9. The fourth-order valence-corrected chi connectivity index (χ4v) is 9.62. The Balaban J connectivity index is 1.02. The number of hydrogen-bond donors (Lipinski definition) is 3. The van der Waals surface area contributed by atoms with Crippen LogP contribution in [0, 0.1) is 17.3 Å². The highest BCUT2D eigenvalue weighted by molar-refractivity contribution is 5.94. The Morgan fingerprint density at radius 3 is 2.23 bits per heavy atom. The van der Waals surface area contributed by atoms with Crippen LogP contribution in [0.2, 0.25) is 0 Å². The van der Waals surface area contributed by atoms with E-state index in [0.717, 1.165) is 36.0 Å². The first-order valence-corrected chi connectivity index (χ1v) is 20.5. The molecule has 3 aromatic rings. The van der Waals surface area contributed by atoms with Crippen LogP contribution in [-0.2, 0) is 34.3 Å². The highest BCUT2D eigenvalue weighted by atomic mass is 16.8. The topological polar surface area (TPSA) is 136 Å². The van der Waals surface area contributed by atoms with E-state index in [4.69, 9.17) is 24.1 Å². The second kappa shape index (κ2) is 16.0. The van der Waals surface area contributed by atoms with Gasteiger partial charge in [-0.1, -0.05) is 98.3 Å². The van der Waals surface area contributed by atoms with Crippen LogP contribution in [0.25, 0.3) is 6.08 Å². The lowest BCUT2D eigenvalue weighted by molar-refractivity contribution is -0.157. The SMILES string of the molecule is CC1(C)C[C@@H]2C(=Cc3ccc(C(=O)O[C@@H]4CC(C(=O)NCCC(=O)NCCO)=C[C@H]5OC(c6ccccc6)(c6ccccc6)O[C@H]54)cc3)CCC3O[C@]3(C)CC[C@H]21. The Hall–Kier alpha value is -4.61. The highest BCUT2D eigenvalue weighted by Gasteiger charge is 2.57. The number of benzene rings is 3. The summed E-state index contributed by atoms with van der Waals surface area (Å²) in [5, 5.41) is 14.4. The van der Waals surface area contributed by atoms with Gasteiger partial charge < -0.3 is 34.7 Å². The zero-order chi connectivity index (χ0) is 39.8. The molecule has 300 valence electrons. The van der Waals surface area contributed by atoms with E-state index >= 15 is 0 Å². The molecule has 57 heavy (non-hydrogen) atoms. The van der Waals surface area contributed by atoms with Gasteiger partial charge in [0.2, 0.25) is 17.6 Å². The highest BCUT2D eigenvalue weighted by Crippen LogP contribution is 2.60. The van der Waals surface area contributed by atoms with Crippen LogP contribution in [0.1, 0.15) is 92.8 Å². The Bertz CT molecular complexity index is 1970. The number of amides is 2. The Morgan fingerprint density at radius 1 is 0.860 bits per heavy atom. The molecule has 10 heteroatoms. The molecule has 2 amide bonds. The number of aliphatic hydroxyl groups excluding tert-OH is 1. The lowest BCUT2D eigenvalue weighted by Gasteiger charge is -2.53. The van der Waals surface area contributed by atoms with Gasteiger partial charge in [0.15, 0.2) is 0 Å². The molecule has 5 aliphatic rings. The van der Waals surface area contributed by atoms with Crippen molar-refractivity contribution in [1.29, 1.82) is 0 Å². The molecular weight excluding hydrogens is 721 g/mol. The lowest BCUT2D eigenvalue weighted by atomic mass is 9.52. The van der Waals surface area contributed by atoms with Crippen LogP contribution in [0.4, 0.5) is 0 Å². The van der Waals surface area contributed by atoms with Gasteiger partial charge in [0.1, 0.15) is 18.3 Å². The maximum atomic E-state index is 14.0. The van der Waals surface area contributed by atoms with Crippen molar-refractivity contribution < 1.29 is 38.4 Å². The summed E-state index contributed by atoms with van der Waals surface area (Å²) in [5.74, 6) is -1.30. The summed E-state index contributed by atoms with van der Waals surface area (Å²) in [7, 11) is 0. The Morgan fingerprint density at radius 2 is 1.56 bits per heavy atom. The molecule has 7 atom stereocenters. The number of esters is 1. The van der Waals surface area contributed by atoms with Crippen molar-refractivity contribution in [3.05, 3.63) is 124 Å². The average molecular weight is 775 g/mol. The van der Waals surface area contributed by atoms with E-state index in [0.29, 0.717) is 34.5 Å². The van der Waals surface area contributed by atoms with Crippen molar-refractivity contribution in [2.24, 2.45) is 17.3 Å². The zero-order valence-electron chi connectivity index (χ0n) is 33.1. The third-order valence-corrected chi connectivity index (χ3v) is 12.9. The largest absolute Gasteiger partial charge is 0.456 e. The molecule has 3 aliphatic carbocycles. The van der Waals surface area contributed by atoms with Crippen LogP contribution >= 0.6 is 0 Å². The molecule has 2 saturated carbocycles. The minimum atomic E-state index is -1.32. The fraction of sp³-hybridized carbons (Fsp3) is 0.468. The molecule has 10 nitrogen and oxygen atoms in total. The standard InChI is InChI=1S/C47H54N2O8/c1-45(2)29-36-32(18-19-40-46(3,56-40)22-20-37(36)45)26-30-14-16-31(17-15-30)44(53)54-38-27-33(43(52)49-23-21-41(51)48-24-25-50)28-39-42(38)57-47(55-39,34-10-6-4-7-11-34)35-12-8-5-9-13-35/h4-17,26,28,36-40,42,50H,18-25,27,29H2,1-3H3,(H,48,51)(H,49,52)/t36-,37-,38-,39-,40?,42+,46-/m1/s1. The van der Waals surface area contributed by atoms with Gasteiger partial charge in [-0.15, -0.1) is 0 Å². The van der Waals surface area contributed by atoms with Crippen molar-refractivity contribution in [1.82, 2.24) is 10.6 Å². The van der Waals surface area contributed by atoms with Gasteiger partial charge in [0.25, 0.3) is 0 Å². The van der Waals surface area contributed by atoms with E-state index in [1.807, 2.05) is 84.9 Å². The van der Waals surface area contributed by atoms with Crippen LogP contribution in [0.3, 0.4) is 0 Å². The monoisotopic (exact) mass is 774 g/mol. The summed E-state index contributed by atoms with van der Waals surface area (Å²) in [6, 6.07) is 26.8. The minimum absolute atomic E-state index is 0.0334. The number of ether oxygens (including phenoxy) is 4. The van der Waals surface area contributed by atoms with Crippen LogP contribution in [0.5, 0.6) is 0 Å². The summed E-state index contributed by atoms with van der Waals surface area (Å²) in [5.41, 5.74) is 5.19. The molecule has 8 rings (SSSR count). The van der Waals surface area contributed by atoms with E-state index in [9.17, 15) is 14.4 Å². The van der Waals surface area contributed by atoms with Crippen molar-refractivity contribution in [2.75, 3.05) is 19.7 Å². The van der Waals surface area contributed by atoms with Crippen molar-refractivity contribution in [2.45, 2.75) is 102 Å². The van der Waals surface area contributed by atoms with E-state index in [1.165, 1.54) is 18.4 Å². The number of carbonyl (C=O) groups is 3. The van der Waals surface area contributed by atoms with Gasteiger partial charge >= 0.3 is 5.97 Å². The average Bonchev–Trinajstić information content (AvgIpc) is 3.67. The lowest BCUT2D eigenvalue weighted by Crippen LogP contribution is -2.45. The number of aliphatic hydroxyl groups is 1. The van der Waals surface area contributed by atoms with Crippen LogP contribution in [0.15, 0.2) is 102 Å². The number of epoxide rings is 1. The first-order valence-electron chi connectivity index (χ1n) is 20.5. The van der Waals surface area contributed by atoms with Crippen molar-refractivity contribution in [3.8, 4) is 0 Å². The summed E-state index contributed by atoms with van der Waals surface area (Å²) >= 11 is 0. The predicted octanol–water partition coefficient (Wildman–Crippen LogP) is 6.62. The van der Waals surface area contributed by atoms with Crippen LogP contribution < -0.4 is 10.6 Å². The second-order valence-electron chi connectivity index (χ2n) is 17.2. The number of nitrogens with one attached hydrogen (secondary N) is 2. The first kappa shape index (κ1) is 39.2.